The lowest BCUT2D eigenvalue weighted by atomic mass is 10.2. The molecule has 1 aliphatic heterocycles. The molecule has 1 N–H and O–H groups in total. The van der Waals surface area contributed by atoms with E-state index in [1.54, 1.807) is 4.72 Å². The van der Waals surface area contributed by atoms with Crippen LogP contribution in [0.5, 0.6) is 0 Å². The van der Waals surface area contributed by atoms with Gasteiger partial charge in [0.1, 0.15) is 0 Å². The molecular formula is C8H13F3N2O2S. The highest BCUT2D eigenvalue weighted by atomic mass is 32.2. The van der Waals surface area contributed by atoms with Crippen LogP contribution in [0.2, 0.25) is 0 Å². The fourth-order valence-corrected chi connectivity index (χ4v) is 3.24. The summed E-state index contributed by atoms with van der Waals surface area (Å²) in [4.78, 5) is 1.94. The molecule has 0 amide bonds. The van der Waals surface area contributed by atoms with Gasteiger partial charge in [-0.15, -0.1) is 0 Å². The van der Waals surface area contributed by atoms with Crippen molar-refractivity contribution in [2.24, 2.45) is 0 Å². The van der Waals surface area contributed by atoms with Gasteiger partial charge in [0, 0.05) is 11.6 Å². The zero-order valence-electron chi connectivity index (χ0n) is 8.71. The number of nitrogens with zero attached hydrogens (tertiary/aromatic N) is 1. The summed E-state index contributed by atoms with van der Waals surface area (Å²) < 4.78 is 59.9. The lowest BCUT2D eigenvalue weighted by Gasteiger charge is -2.20. The Hall–Kier alpha value is -0.340. The van der Waals surface area contributed by atoms with Crippen molar-refractivity contribution in [3.8, 4) is 0 Å². The Balaban J connectivity index is 2.05. The number of hydrogen-bond donors (Lipinski definition) is 1. The zero-order valence-corrected chi connectivity index (χ0v) is 9.53. The summed E-state index contributed by atoms with van der Waals surface area (Å²) in [6, 6.07) is -0.591. The van der Waals surface area contributed by atoms with Crippen LogP contribution in [0.1, 0.15) is 19.3 Å². The number of halogens is 3. The first-order valence-electron chi connectivity index (χ1n) is 4.99. The van der Waals surface area contributed by atoms with Crippen molar-refractivity contribution in [3.63, 3.8) is 0 Å². The van der Waals surface area contributed by atoms with E-state index < -0.39 is 21.6 Å². The third kappa shape index (κ3) is 1.72. The lowest BCUT2D eigenvalue weighted by molar-refractivity contribution is -0.0449. The first kappa shape index (κ1) is 12.1. The third-order valence-electron chi connectivity index (χ3n) is 3.51. The van der Waals surface area contributed by atoms with Crippen molar-refractivity contribution in [1.82, 2.24) is 9.62 Å². The van der Waals surface area contributed by atoms with E-state index >= 15 is 0 Å². The van der Waals surface area contributed by atoms with E-state index in [-0.39, 0.29) is 5.54 Å². The van der Waals surface area contributed by atoms with Crippen molar-refractivity contribution >= 4 is 10.0 Å². The minimum Gasteiger partial charge on any atom is -0.299 e. The van der Waals surface area contributed by atoms with Crippen LogP contribution < -0.4 is 4.72 Å². The average molecular weight is 258 g/mol. The van der Waals surface area contributed by atoms with Crippen molar-refractivity contribution in [2.45, 2.75) is 36.4 Å². The summed E-state index contributed by atoms with van der Waals surface area (Å²) >= 11 is 0. The third-order valence-corrected chi connectivity index (χ3v) is 4.72. The molecule has 4 nitrogen and oxygen atoms in total. The van der Waals surface area contributed by atoms with E-state index in [4.69, 9.17) is 0 Å². The molecule has 2 rings (SSSR count). The molecule has 16 heavy (non-hydrogen) atoms. The minimum absolute atomic E-state index is 0.363. The number of rotatable bonds is 2. The monoisotopic (exact) mass is 258 g/mol. The number of nitrogens with one attached hydrogen (secondary N) is 1. The maximum atomic E-state index is 12.1. The summed E-state index contributed by atoms with van der Waals surface area (Å²) in [5, 5.41) is 0. The average Bonchev–Trinajstić information content (AvgIpc) is 2.63. The predicted molar refractivity (Wildman–Crippen MR) is 51.1 cm³/mol. The zero-order chi connectivity index (χ0) is 12.2. The standard InChI is InChI=1S/C8H13F3N2O2S/c1-13-4-2-3-7(13)5-6(7)12-16(14,15)8(9,10)11/h6,12H,2-5H2,1H3/t6-,7?/m1/s1. The van der Waals surface area contributed by atoms with E-state index in [2.05, 4.69) is 0 Å². The van der Waals surface area contributed by atoms with E-state index in [1.807, 2.05) is 11.9 Å². The molecule has 0 aromatic carbocycles. The van der Waals surface area contributed by atoms with Crippen LogP contribution in [0.15, 0.2) is 0 Å². The molecule has 1 saturated carbocycles. The summed E-state index contributed by atoms with van der Waals surface area (Å²) in [5.41, 5.74) is -5.58. The Morgan fingerprint density at radius 1 is 1.44 bits per heavy atom. The van der Waals surface area contributed by atoms with Crippen LogP contribution in [0, 0.1) is 0 Å². The number of sulfonamides is 1. The number of hydrogen-bond acceptors (Lipinski definition) is 3. The van der Waals surface area contributed by atoms with Gasteiger partial charge in [-0.05, 0) is 32.9 Å². The molecule has 8 heteroatoms. The van der Waals surface area contributed by atoms with Gasteiger partial charge in [0.15, 0.2) is 0 Å². The molecule has 2 aliphatic rings. The van der Waals surface area contributed by atoms with Crippen molar-refractivity contribution in [1.29, 1.82) is 0 Å². The number of likely N-dealkylation sites (tertiary alicyclic amines) is 1. The first-order valence-corrected chi connectivity index (χ1v) is 6.47. The Bertz CT molecular complexity index is 395. The van der Waals surface area contributed by atoms with Gasteiger partial charge in [0.05, 0.1) is 0 Å². The SMILES string of the molecule is CN1CCCC12C[C@H]2NS(=O)(=O)C(F)(F)F. The van der Waals surface area contributed by atoms with Gasteiger partial charge in [-0.3, -0.25) is 4.90 Å². The molecule has 0 aromatic heterocycles. The maximum absolute atomic E-state index is 12.1. The van der Waals surface area contributed by atoms with Crippen LogP contribution in [-0.2, 0) is 10.0 Å². The molecule has 94 valence electrons. The van der Waals surface area contributed by atoms with Crippen LogP contribution >= 0.6 is 0 Å². The number of likely N-dealkylation sites (N-methyl/N-ethyl adjacent to an activating group) is 1. The smallest absolute Gasteiger partial charge is 0.299 e. The Labute approximate surface area is 91.8 Å². The van der Waals surface area contributed by atoms with Crippen LogP contribution in [0.25, 0.3) is 0 Å². The highest BCUT2D eigenvalue weighted by Gasteiger charge is 2.62. The Morgan fingerprint density at radius 3 is 2.50 bits per heavy atom. The first-order chi connectivity index (χ1) is 7.19. The van der Waals surface area contributed by atoms with E-state index in [9.17, 15) is 21.6 Å². The summed E-state index contributed by atoms with van der Waals surface area (Å²) in [6.07, 6.45) is 2.13. The molecule has 1 saturated heterocycles. The van der Waals surface area contributed by atoms with E-state index in [0.717, 1.165) is 19.4 Å². The molecule has 1 spiro atoms. The van der Waals surface area contributed by atoms with Gasteiger partial charge in [-0.25, -0.2) is 13.1 Å². The molecule has 0 radical (unpaired) electrons. The van der Waals surface area contributed by atoms with Crippen LogP contribution in [0.3, 0.4) is 0 Å². The molecule has 2 fully saturated rings. The molecule has 1 unspecified atom stereocenters. The summed E-state index contributed by atoms with van der Waals surface area (Å²) in [6.45, 7) is 0.810. The molecule has 0 bridgehead atoms. The van der Waals surface area contributed by atoms with Crippen LogP contribution in [-0.4, -0.2) is 44.0 Å². The molecular weight excluding hydrogens is 245 g/mol. The maximum Gasteiger partial charge on any atom is 0.511 e. The largest absolute Gasteiger partial charge is 0.511 e. The molecule has 2 atom stereocenters. The quantitative estimate of drug-likeness (QED) is 0.791. The summed E-state index contributed by atoms with van der Waals surface area (Å²) in [7, 11) is -3.38. The minimum atomic E-state index is -5.21. The Morgan fingerprint density at radius 2 is 2.06 bits per heavy atom. The van der Waals surface area contributed by atoms with Gasteiger partial charge in [0.2, 0.25) is 0 Å². The van der Waals surface area contributed by atoms with Crippen LogP contribution in [0.4, 0.5) is 13.2 Å². The second-order valence-electron chi connectivity index (χ2n) is 4.45. The van der Waals surface area contributed by atoms with Gasteiger partial charge >= 0.3 is 15.5 Å². The van der Waals surface area contributed by atoms with Crippen molar-refractivity contribution < 1.29 is 21.6 Å². The number of alkyl halides is 3. The lowest BCUT2D eigenvalue weighted by Crippen LogP contribution is -2.43. The fraction of sp³-hybridized carbons (Fsp3) is 1.00. The van der Waals surface area contributed by atoms with Gasteiger partial charge in [-0.1, -0.05) is 0 Å². The van der Waals surface area contributed by atoms with Crippen molar-refractivity contribution in [3.05, 3.63) is 0 Å². The normalized spacial score (nSPS) is 35.9. The second-order valence-corrected chi connectivity index (χ2v) is 6.16. The topological polar surface area (TPSA) is 49.4 Å². The van der Waals surface area contributed by atoms with E-state index in [0.29, 0.717) is 6.42 Å². The predicted octanol–water partition coefficient (Wildman–Crippen LogP) is 0.662. The molecule has 0 aromatic rings. The van der Waals surface area contributed by atoms with Gasteiger partial charge in [-0.2, -0.15) is 13.2 Å². The highest BCUT2D eigenvalue weighted by molar-refractivity contribution is 7.90. The van der Waals surface area contributed by atoms with Gasteiger partial charge < -0.3 is 0 Å². The molecule has 1 heterocycles. The Kier molecular flexibility index (Phi) is 2.52. The molecule has 1 aliphatic carbocycles. The second kappa shape index (κ2) is 3.33. The fourth-order valence-electron chi connectivity index (χ4n) is 2.43. The van der Waals surface area contributed by atoms with Crippen molar-refractivity contribution in [2.75, 3.05) is 13.6 Å². The summed E-state index contributed by atoms with van der Waals surface area (Å²) in [5.74, 6) is 0. The van der Waals surface area contributed by atoms with Gasteiger partial charge in [0.25, 0.3) is 0 Å². The van der Waals surface area contributed by atoms with E-state index in [1.165, 1.54) is 0 Å². The highest BCUT2D eigenvalue weighted by Crippen LogP contribution is 2.49.